The van der Waals surface area contributed by atoms with Gasteiger partial charge in [-0.1, -0.05) is 0 Å². The third-order valence-corrected chi connectivity index (χ3v) is 4.60. The largest absolute Gasteiger partial charge is 0.342 e. The van der Waals surface area contributed by atoms with Gasteiger partial charge in [0, 0.05) is 6.07 Å². The molecule has 0 spiro atoms. The molecule has 1 aromatic rings. The maximum atomic E-state index is 13.9. The number of benzene rings is 1. The number of nitrogens with one attached hydrogen (secondary N) is 1. The molecule has 1 N–H and O–H groups in total. The maximum absolute atomic E-state index is 13.9. The Hall–Kier alpha value is -1.65. The van der Waals surface area contributed by atoms with Gasteiger partial charge in [0.05, 0.1) is 5.69 Å². The van der Waals surface area contributed by atoms with E-state index in [0.29, 0.717) is 0 Å². The first-order valence-corrected chi connectivity index (χ1v) is 8.67. The van der Waals surface area contributed by atoms with Crippen molar-refractivity contribution < 1.29 is 37.3 Å². The van der Waals surface area contributed by atoms with Crippen LogP contribution in [0.15, 0.2) is 18.2 Å². The zero-order valence-electron chi connectivity index (χ0n) is 15.3. The van der Waals surface area contributed by atoms with Gasteiger partial charge in [-0.05, 0) is 39.8 Å². The first-order valence-electron chi connectivity index (χ1n) is 8.67. The van der Waals surface area contributed by atoms with Crippen LogP contribution in [0.1, 0.15) is 27.7 Å². The molecule has 0 aromatic heterocycles. The molecule has 4 rings (SSSR count). The third kappa shape index (κ3) is 3.45. The molecule has 0 unspecified atom stereocenters. The minimum Gasteiger partial charge on any atom is -0.342 e. The molecular formula is C18H21F2NO6. The van der Waals surface area contributed by atoms with Crippen LogP contribution in [0.2, 0.25) is 0 Å². The van der Waals surface area contributed by atoms with Crippen LogP contribution in [0.4, 0.5) is 14.5 Å². The van der Waals surface area contributed by atoms with E-state index in [4.69, 9.17) is 23.7 Å². The Morgan fingerprint density at radius 2 is 1.59 bits per heavy atom. The quantitative estimate of drug-likeness (QED) is 0.842. The second-order valence-electron chi connectivity index (χ2n) is 7.70. The predicted molar refractivity (Wildman–Crippen MR) is 87.5 cm³/mol. The normalized spacial score (nSPS) is 36.1. The highest BCUT2D eigenvalue weighted by Crippen LogP contribution is 2.44. The number of anilines is 1. The summed E-state index contributed by atoms with van der Waals surface area (Å²) in [5.74, 6) is -4.02. The Morgan fingerprint density at radius 1 is 0.963 bits per heavy atom. The van der Waals surface area contributed by atoms with Crippen LogP contribution in [-0.4, -0.2) is 48.2 Å². The van der Waals surface area contributed by atoms with Crippen molar-refractivity contribution in [2.24, 2.45) is 0 Å². The lowest BCUT2D eigenvalue weighted by atomic mass is 9.98. The van der Waals surface area contributed by atoms with Crippen LogP contribution in [0.3, 0.4) is 0 Å². The number of ether oxygens (including phenoxy) is 5. The lowest BCUT2D eigenvalue weighted by Crippen LogP contribution is -2.58. The molecule has 27 heavy (non-hydrogen) atoms. The van der Waals surface area contributed by atoms with Crippen molar-refractivity contribution in [3.05, 3.63) is 29.8 Å². The number of halogens is 2. The molecule has 1 amide bonds. The Bertz CT molecular complexity index is 770. The first-order chi connectivity index (χ1) is 12.5. The summed E-state index contributed by atoms with van der Waals surface area (Å²) >= 11 is 0. The molecule has 1 aromatic carbocycles. The van der Waals surface area contributed by atoms with Crippen molar-refractivity contribution in [3.8, 4) is 0 Å². The van der Waals surface area contributed by atoms with Crippen molar-refractivity contribution in [2.45, 2.75) is 70.0 Å². The Labute approximate surface area is 154 Å². The highest BCUT2D eigenvalue weighted by Gasteiger charge is 2.62. The number of fused-ring (bicyclic) bond motifs is 3. The number of carbonyl (C=O) groups excluding carboxylic acids is 1. The average molecular weight is 385 g/mol. The Morgan fingerprint density at radius 3 is 2.33 bits per heavy atom. The van der Waals surface area contributed by atoms with E-state index in [-0.39, 0.29) is 5.69 Å². The SMILES string of the molecule is CC1(C)O[C@@H]2[C@@H](O1)[C@H](C(=O)Nc1cc(F)ccc1F)O[C@H]1OC(C)(C)O[C@@H]12. The minimum atomic E-state index is -1.15. The first kappa shape index (κ1) is 18.7. The number of hydrogen-bond acceptors (Lipinski definition) is 6. The smallest absolute Gasteiger partial charge is 0.256 e. The van der Waals surface area contributed by atoms with E-state index in [1.54, 1.807) is 27.7 Å². The molecule has 7 nitrogen and oxygen atoms in total. The monoisotopic (exact) mass is 385 g/mol. The van der Waals surface area contributed by atoms with Crippen molar-refractivity contribution in [1.29, 1.82) is 0 Å². The molecule has 0 aliphatic carbocycles. The predicted octanol–water partition coefficient (Wildman–Crippen LogP) is 2.30. The lowest BCUT2D eigenvalue weighted by molar-refractivity contribution is -0.229. The van der Waals surface area contributed by atoms with Gasteiger partial charge >= 0.3 is 0 Å². The van der Waals surface area contributed by atoms with E-state index in [0.717, 1.165) is 18.2 Å². The fourth-order valence-corrected chi connectivity index (χ4v) is 3.62. The summed E-state index contributed by atoms with van der Waals surface area (Å²) in [6.07, 6.45) is -4.00. The van der Waals surface area contributed by atoms with Gasteiger partial charge in [-0.25, -0.2) is 8.78 Å². The summed E-state index contributed by atoms with van der Waals surface area (Å²) < 4.78 is 56.4. The van der Waals surface area contributed by atoms with E-state index in [2.05, 4.69) is 5.32 Å². The van der Waals surface area contributed by atoms with E-state index < -0.39 is 59.8 Å². The number of amides is 1. The summed E-state index contributed by atoms with van der Waals surface area (Å²) in [5.41, 5.74) is -0.288. The van der Waals surface area contributed by atoms with Crippen LogP contribution in [0.25, 0.3) is 0 Å². The van der Waals surface area contributed by atoms with E-state index in [9.17, 15) is 13.6 Å². The van der Waals surface area contributed by atoms with Gasteiger partial charge in [0.2, 0.25) is 0 Å². The highest BCUT2D eigenvalue weighted by atomic mass is 19.1. The molecule has 148 valence electrons. The van der Waals surface area contributed by atoms with Crippen LogP contribution in [0.5, 0.6) is 0 Å². The number of rotatable bonds is 2. The molecule has 3 saturated heterocycles. The zero-order chi connectivity index (χ0) is 19.6. The van der Waals surface area contributed by atoms with Crippen molar-refractivity contribution in [2.75, 3.05) is 5.32 Å². The van der Waals surface area contributed by atoms with Gasteiger partial charge in [0.1, 0.15) is 29.9 Å². The molecule has 3 aliphatic heterocycles. The summed E-state index contributed by atoms with van der Waals surface area (Å²) in [7, 11) is 0. The van der Waals surface area contributed by atoms with Gasteiger partial charge in [-0.2, -0.15) is 0 Å². The molecular weight excluding hydrogens is 364 g/mol. The third-order valence-electron chi connectivity index (χ3n) is 4.60. The van der Waals surface area contributed by atoms with Gasteiger partial charge in [-0.3, -0.25) is 4.79 Å². The lowest BCUT2D eigenvalue weighted by Gasteiger charge is -2.36. The Balaban J connectivity index is 1.60. The fourth-order valence-electron chi connectivity index (χ4n) is 3.62. The van der Waals surface area contributed by atoms with Crippen LogP contribution in [0, 0.1) is 11.6 Å². The summed E-state index contributed by atoms with van der Waals surface area (Å²) in [6.45, 7) is 6.87. The molecule has 3 heterocycles. The Kier molecular flexibility index (Phi) is 4.28. The number of carbonyl (C=O) groups is 1. The summed E-state index contributed by atoms with van der Waals surface area (Å²) in [5, 5.41) is 2.35. The van der Waals surface area contributed by atoms with Crippen LogP contribution in [-0.2, 0) is 28.5 Å². The minimum absolute atomic E-state index is 0.288. The van der Waals surface area contributed by atoms with Crippen molar-refractivity contribution in [3.63, 3.8) is 0 Å². The highest BCUT2D eigenvalue weighted by molar-refractivity contribution is 5.95. The average Bonchev–Trinajstić information content (AvgIpc) is 3.04. The van der Waals surface area contributed by atoms with Crippen LogP contribution < -0.4 is 5.32 Å². The van der Waals surface area contributed by atoms with Gasteiger partial charge in [-0.15, -0.1) is 0 Å². The zero-order valence-corrected chi connectivity index (χ0v) is 15.3. The number of hydrogen-bond donors (Lipinski definition) is 1. The summed E-state index contributed by atoms with van der Waals surface area (Å²) in [4.78, 5) is 12.8. The topological polar surface area (TPSA) is 75.3 Å². The van der Waals surface area contributed by atoms with Crippen molar-refractivity contribution in [1.82, 2.24) is 0 Å². The van der Waals surface area contributed by atoms with Gasteiger partial charge in [0.25, 0.3) is 5.91 Å². The molecule has 0 radical (unpaired) electrons. The molecule has 3 fully saturated rings. The second kappa shape index (κ2) is 6.18. The molecule has 3 aliphatic rings. The maximum Gasteiger partial charge on any atom is 0.256 e. The van der Waals surface area contributed by atoms with Gasteiger partial charge in [0.15, 0.2) is 24.0 Å². The molecule has 5 atom stereocenters. The van der Waals surface area contributed by atoms with E-state index >= 15 is 0 Å². The van der Waals surface area contributed by atoms with E-state index in [1.165, 1.54) is 0 Å². The molecule has 0 bridgehead atoms. The standard InChI is InChI=1S/C18H21F2NO6/c1-17(2)24-11-12(25-17)14-16(27-18(3,4)26-14)23-13(11)15(22)21-10-7-8(19)5-6-9(10)20/h5-7,11-14,16H,1-4H3,(H,21,22)/t11-,12-,13-,14-,16+/m1/s1. The van der Waals surface area contributed by atoms with Crippen molar-refractivity contribution >= 4 is 11.6 Å². The van der Waals surface area contributed by atoms with Crippen LogP contribution >= 0.6 is 0 Å². The van der Waals surface area contributed by atoms with Gasteiger partial charge < -0.3 is 29.0 Å². The fraction of sp³-hybridized carbons (Fsp3) is 0.611. The van der Waals surface area contributed by atoms with E-state index in [1.807, 2.05) is 0 Å². The summed E-state index contributed by atoms with van der Waals surface area (Å²) in [6, 6.07) is 2.79. The second-order valence-corrected chi connectivity index (χ2v) is 7.70. The molecule has 9 heteroatoms. The molecule has 0 saturated carbocycles.